The molecule has 202 valence electrons. The third kappa shape index (κ3) is 7.01. The minimum Gasteiger partial charge on any atom is -0.372 e. The largest absolute Gasteiger partial charge is 0.416 e. The van der Waals surface area contributed by atoms with Crippen molar-refractivity contribution in [2.75, 3.05) is 19.4 Å². The van der Waals surface area contributed by atoms with E-state index < -0.39 is 50.8 Å². The summed E-state index contributed by atoms with van der Waals surface area (Å²) in [5.74, 6) is 0. The zero-order valence-electron chi connectivity index (χ0n) is 19.9. The van der Waals surface area contributed by atoms with Crippen molar-refractivity contribution in [3.05, 3.63) is 82.2 Å². The molecule has 0 amide bonds. The van der Waals surface area contributed by atoms with Crippen molar-refractivity contribution in [2.45, 2.75) is 49.4 Å². The second kappa shape index (κ2) is 10.2. The van der Waals surface area contributed by atoms with Gasteiger partial charge in [-0.25, -0.2) is 15.0 Å². The van der Waals surface area contributed by atoms with Crippen LogP contribution < -0.4 is 10.0 Å². The molecule has 3 atom stereocenters. The number of piperidine rings is 1. The highest BCUT2D eigenvalue weighted by atomic mass is 32.2. The number of benzene rings is 2. The fourth-order valence-electron chi connectivity index (χ4n) is 4.25. The molecule has 0 radical (unpaired) electrons. The Morgan fingerprint density at radius 1 is 1.05 bits per heavy atom. The van der Waals surface area contributed by atoms with Crippen molar-refractivity contribution < 1.29 is 39.5 Å². The van der Waals surface area contributed by atoms with Gasteiger partial charge in [-0.3, -0.25) is 10.2 Å². The second-order valence-electron chi connectivity index (χ2n) is 9.11. The Morgan fingerprint density at radius 3 is 2.05 bits per heavy atom. The van der Waals surface area contributed by atoms with E-state index in [1.54, 1.807) is 30.3 Å². The first-order valence-corrected chi connectivity index (χ1v) is 13.0. The summed E-state index contributed by atoms with van der Waals surface area (Å²) in [4.78, 5) is 3.48. The average molecular weight is 550 g/mol. The van der Waals surface area contributed by atoms with E-state index in [0.717, 1.165) is 6.26 Å². The molecule has 0 aromatic heterocycles. The normalized spacial score (nSPS) is 23.9. The highest BCUT2D eigenvalue weighted by Crippen LogP contribution is 2.40. The van der Waals surface area contributed by atoms with E-state index in [9.17, 15) is 34.8 Å². The average Bonchev–Trinajstić information content (AvgIpc) is 2.82. The lowest BCUT2D eigenvalue weighted by Crippen LogP contribution is -2.62. The van der Waals surface area contributed by atoms with Gasteiger partial charge >= 0.3 is 18.0 Å². The van der Waals surface area contributed by atoms with Gasteiger partial charge < -0.3 is 4.74 Å². The topological polar surface area (TPSA) is 71.8 Å². The van der Waals surface area contributed by atoms with Crippen LogP contribution in [0.5, 0.6) is 0 Å². The van der Waals surface area contributed by atoms with Crippen molar-refractivity contribution in [1.82, 2.24) is 10.0 Å². The Labute approximate surface area is 210 Å². The number of rotatable bonds is 7. The molecule has 6 nitrogen and oxygen atoms in total. The van der Waals surface area contributed by atoms with E-state index in [2.05, 4.69) is 14.9 Å². The summed E-state index contributed by atoms with van der Waals surface area (Å²) in [7, 11) is -3.71. The quantitative estimate of drug-likeness (QED) is 0.366. The van der Waals surface area contributed by atoms with Crippen LogP contribution >= 0.6 is 0 Å². The van der Waals surface area contributed by atoms with Gasteiger partial charge in [0.1, 0.15) is 0 Å². The fourth-order valence-corrected chi connectivity index (χ4v) is 5.16. The monoisotopic (exact) mass is 549 g/mol. The summed E-state index contributed by atoms with van der Waals surface area (Å²) in [6.45, 7) is 8.62. The number of hydrogen-bond acceptors (Lipinski definition) is 4. The Bertz CT molecular complexity index is 1220. The minimum atomic E-state index is -4.98. The maximum atomic E-state index is 13.3. The lowest BCUT2D eigenvalue weighted by atomic mass is 9.80. The number of halogens is 6. The zero-order valence-corrected chi connectivity index (χ0v) is 20.7. The first-order chi connectivity index (χ1) is 17.0. The molecule has 2 aromatic carbocycles. The summed E-state index contributed by atoms with van der Waals surface area (Å²) in [5, 5.41) is 3.17. The van der Waals surface area contributed by atoms with Gasteiger partial charge in [0.2, 0.25) is 10.0 Å². The number of ether oxygens (including phenoxy) is 1. The van der Waals surface area contributed by atoms with Crippen LogP contribution in [0.1, 0.15) is 48.1 Å². The summed E-state index contributed by atoms with van der Waals surface area (Å²) < 4.78 is 112. The molecule has 1 fully saturated rings. The maximum Gasteiger partial charge on any atom is 0.416 e. The standard InChI is InChI=1S/C24H25F6N3O3S/c1-16(17-11-19(23(25,26)27)13-20(12-17)24(28,29)30)36-15-21(18-7-5-4-6-8-18)9-10-22(31-2,14-32-21)33-37(3,34)35/h4-8,11-13,16,32-33H,9-10,14-15H2,1,3H3/t16-,21-,22+/m1/s1. The van der Waals surface area contributed by atoms with Gasteiger partial charge in [-0.15, -0.1) is 4.72 Å². The minimum absolute atomic E-state index is 0.0586. The summed E-state index contributed by atoms with van der Waals surface area (Å²) in [6, 6.07) is 10.1. The van der Waals surface area contributed by atoms with Crippen molar-refractivity contribution in [1.29, 1.82) is 0 Å². The summed E-state index contributed by atoms with van der Waals surface area (Å²) in [6.07, 6.45) is -9.89. The van der Waals surface area contributed by atoms with Gasteiger partial charge in [0, 0.05) is 6.42 Å². The molecule has 1 saturated heterocycles. The third-order valence-electron chi connectivity index (χ3n) is 6.26. The van der Waals surface area contributed by atoms with Crippen LogP contribution in [-0.2, 0) is 32.7 Å². The van der Waals surface area contributed by atoms with E-state index in [4.69, 9.17) is 11.3 Å². The molecule has 2 N–H and O–H groups in total. The summed E-state index contributed by atoms with van der Waals surface area (Å²) >= 11 is 0. The lowest BCUT2D eigenvalue weighted by molar-refractivity contribution is -0.143. The van der Waals surface area contributed by atoms with Crippen LogP contribution in [0.2, 0.25) is 0 Å². The molecule has 0 bridgehead atoms. The van der Waals surface area contributed by atoms with E-state index in [0.29, 0.717) is 17.7 Å². The Kier molecular flexibility index (Phi) is 8.00. The Morgan fingerprint density at radius 2 is 1.62 bits per heavy atom. The lowest BCUT2D eigenvalue weighted by Gasteiger charge is -2.42. The van der Waals surface area contributed by atoms with Crippen LogP contribution in [0, 0.1) is 6.57 Å². The molecule has 2 aromatic rings. The van der Waals surface area contributed by atoms with Gasteiger partial charge in [0.25, 0.3) is 0 Å². The molecule has 37 heavy (non-hydrogen) atoms. The molecule has 3 rings (SSSR count). The van der Waals surface area contributed by atoms with Crippen LogP contribution in [-0.4, -0.2) is 33.5 Å². The SMILES string of the molecule is [C-]#[N+][C@]1(NS(C)(=O)=O)CC[C@@](CO[C@H](C)c2cc(C(F)(F)F)cc(C(F)(F)F)c2)(c2ccccc2)NC1. The number of alkyl halides is 6. The van der Waals surface area contributed by atoms with Crippen molar-refractivity contribution in [3.8, 4) is 0 Å². The molecule has 0 aliphatic carbocycles. The number of nitrogens with zero attached hydrogens (tertiary/aromatic N) is 1. The molecular weight excluding hydrogens is 524 g/mol. The molecule has 0 spiro atoms. The maximum absolute atomic E-state index is 13.3. The molecule has 1 aliphatic rings. The van der Waals surface area contributed by atoms with Crippen LogP contribution in [0.4, 0.5) is 26.3 Å². The highest BCUT2D eigenvalue weighted by Gasteiger charge is 2.49. The van der Waals surface area contributed by atoms with E-state index >= 15 is 0 Å². The van der Waals surface area contributed by atoms with Crippen LogP contribution in [0.25, 0.3) is 4.85 Å². The predicted molar refractivity (Wildman–Crippen MR) is 123 cm³/mol. The molecule has 13 heteroatoms. The zero-order chi connectivity index (χ0) is 27.7. The molecule has 0 saturated carbocycles. The van der Waals surface area contributed by atoms with Gasteiger partial charge in [0.05, 0.1) is 42.2 Å². The molecular formula is C24H25F6N3O3S. The number of sulfonamides is 1. The van der Waals surface area contributed by atoms with Gasteiger partial charge in [-0.1, -0.05) is 30.3 Å². The third-order valence-corrected chi connectivity index (χ3v) is 7.01. The van der Waals surface area contributed by atoms with Gasteiger partial charge in [0.15, 0.2) is 0 Å². The van der Waals surface area contributed by atoms with Crippen LogP contribution in [0.15, 0.2) is 48.5 Å². The van der Waals surface area contributed by atoms with Gasteiger partial charge in [-0.05, 0) is 42.7 Å². The number of nitrogens with one attached hydrogen (secondary N) is 2. The molecule has 1 aliphatic heterocycles. The summed E-state index contributed by atoms with van der Waals surface area (Å²) in [5.41, 5.74) is -4.88. The van der Waals surface area contributed by atoms with E-state index in [1.165, 1.54) is 6.92 Å². The van der Waals surface area contributed by atoms with E-state index in [1.807, 2.05) is 0 Å². The first kappa shape index (κ1) is 28.9. The van der Waals surface area contributed by atoms with Crippen molar-refractivity contribution in [2.24, 2.45) is 0 Å². The number of hydrogen-bond donors (Lipinski definition) is 2. The molecule has 1 heterocycles. The fraction of sp³-hybridized carbons (Fsp3) is 0.458. The Hall–Kier alpha value is -2.66. The van der Waals surface area contributed by atoms with Crippen LogP contribution in [0.3, 0.4) is 0 Å². The Balaban J connectivity index is 1.90. The van der Waals surface area contributed by atoms with Crippen molar-refractivity contribution in [3.63, 3.8) is 0 Å². The molecule has 0 unspecified atom stereocenters. The van der Waals surface area contributed by atoms with Crippen molar-refractivity contribution >= 4 is 10.0 Å². The smallest absolute Gasteiger partial charge is 0.372 e. The van der Waals surface area contributed by atoms with Gasteiger partial charge in [-0.2, -0.15) is 26.3 Å². The first-order valence-electron chi connectivity index (χ1n) is 11.1. The highest BCUT2D eigenvalue weighted by molar-refractivity contribution is 7.88. The van der Waals surface area contributed by atoms with E-state index in [-0.39, 0.29) is 37.6 Å². The predicted octanol–water partition coefficient (Wildman–Crippen LogP) is 5.25. The second-order valence-corrected chi connectivity index (χ2v) is 10.9.